The molecular formula is C13H10BrNO4. The van der Waals surface area contributed by atoms with Crippen molar-refractivity contribution in [3.05, 3.63) is 62.6 Å². The number of nitro benzene ring substituents is 1. The third-order valence-electron chi connectivity index (χ3n) is 2.58. The molecule has 19 heavy (non-hydrogen) atoms. The summed E-state index contributed by atoms with van der Waals surface area (Å²) in [6, 6.07) is 10.6. The van der Waals surface area contributed by atoms with E-state index in [0.717, 1.165) is 0 Å². The average molecular weight is 324 g/mol. The molecule has 0 spiro atoms. The molecule has 2 aromatic rings. The van der Waals surface area contributed by atoms with Gasteiger partial charge in [-0.05, 0) is 29.3 Å². The van der Waals surface area contributed by atoms with Crippen LogP contribution in [0.15, 0.2) is 46.9 Å². The molecule has 0 aromatic heterocycles. The van der Waals surface area contributed by atoms with E-state index in [0.29, 0.717) is 15.6 Å². The normalized spacial score (nSPS) is 10.2. The molecule has 2 rings (SSSR count). The van der Waals surface area contributed by atoms with E-state index in [-0.39, 0.29) is 12.7 Å². The third kappa shape index (κ3) is 2.79. The van der Waals surface area contributed by atoms with E-state index in [9.17, 15) is 14.9 Å². The summed E-state index contributed by atoms with van der Waals surface area (Å²) < 4.78 is 0.707. The summed E-state index contributed by atoms with van der Waals surface area (Å²) in [6.45, 7) is 0. The Morgan fingerprint density at radius 1 is 1.26 bits per heavy atom. The fourth-order valence-corrected chi connectivity index (χ4v) is 2.09. The van der Waals surface area contributed by atoms with Gasteiger partial charge in [-0.25, -0.2) is 4.79 Å². The molecule has 98 valence electrons. The van der Waals surface area contributed by atoms with Gasteiger partial charge in [0.05, 0.1) is 10.5 Å². The van der Waals surface area contributed by atoms with Gasteiger partial charge >= 0.3 is 5.97 Å². The fraction of sp³-hybridized carbons (Fsp3) is 0. The van der Waals surface area contributed by atoms with Crippen molar-refractivity contribution >= 4 is 27.6 Å². The Bertz CT molecular complexity index is 675. The van der Waals surface area contributed by atoms with Crippen molar-refractivity contribution in [2.75, 3.05) is 0 Å². The Morgan fingerprint density at radius 3 is 2.63 bits per heavy atom. The van der Waals surface area contributed by atoms with Crippen LogP contribution in [-0.2, 0) is 0 Å². The first-order chi connectivity index (χ1) is 8.99. The highest BCUT2D eigenvalue weighted by molar-refractivity contribution is 9.10. The average Bonchev–Trinajstić information content (AvgIpc) is 2.38. The lowest BCUT2D eigenvalue weighted by Gasteiger charge is -2.07. The summed E-state index contributed by atoms with van der Waals surface area (Å²) in [4.78, 5) is 21.4. The van der Waals surface area contributed by atoms with Crippen LogP contribution < -0.4 is 0 Å². The lowest BCUT2D eigenvalue weighted by Crippen LogP contribution is -1.99. The Kier molecular flexibility index (Phi) is 3.62. The molecule has 0 aliphatic carbocycles. The molecule has 0 fully saturated rings. The number of hydrogen-bond acceptors (Lipinski definition) is 3. The quantitative estimate of drug-likeness (QED) is 0.684. The van der Waals surface area contributed by atoms with Crippen molar-refractivity contribution in [2.45, 2.75) is 0 Å². The van der Waals surface area contributed by atoms with Crippen LogP contribution in [0.5, 0.6) is 0 Å². The van der Waals surface area contributed by atoms with Gasteiger partial charge in [0, 0.05) is 18.0 Å². The van der Waals surface area contributed by atoms with Gasteiger partial charge in [0.2, 0.25) is 0 Å². The Morgan fingerprint density at radius 2 is 2.00 bits per heavy atom. The van der Waals surface area contributed by atoms with Crippen molar-refractivity contribution in [2.24, 2.45) is 0 Å². The molecule has 0 heterocycles. The number of non-ortho nitro benzene ring substituents is 1. The molecule has 0 saturated carbocycles. The van der Waals surface area contributed by atoms with E-state index in [1.54, 1.807) is 18.2 Å². The second-order valence-electron chi connectivity index (χ2n) is 3.80. The van der Waals surface area contributed by atoms with Crippen LogP contribution in [0.4, 0.5) is 5.69 Å². The molecule has 0 aliphatic rings. The lowest BCUT2D eigenvalue weighted by molar-refractivity contribution is -0.384. The lowest BCUT2D eigenvalue weighted by atomic mass is 9.99. The smallest absolute Gasteiger partial charge is 0.336 e. The van der Waals surface area contributed by atoms with Crippen LogP contribution in [0.3, 0.4) is 0 Å². The van der Waals surface area contributed by atoms with E-state index >= 15 is 0 Å². The molecule has 5 nitrogen and oxygen atoms in total. The second kappa shape index (κ2) is 5.19. The highest BCUT2D eigenvalue weighted by Gasteiger charge is 2.14. The van der Waals surface area contributed by atoms with E-state index in [4.69, 9.17) is 5.11 Å². The molecule has 1 N–H and O–H groups in total. The first kappa shape index (κ1) is 13.2. The Hall–Kier alpha value is -2.21. The van der Waals surface area contributed by atoms with Crippen molar-refractivity contribution in [3.63, 3.8) is 0 Å². The molecule has 0 bridgehead atoms. The summed E-state index contributed by atoms with van der Waals surface area (Å²) in [5, 5.41) is 19.9. The zero-order valence-electron chi connectivity index (χ0n) is 9.54. The minimum absolute atomic E-state index is 0. The second-order valence-corrected chi connectivity index (χ2v) is 4.72. The van der Waals surface area contributed by atoms with E-state index in [1.807, 2.05) is 0 Å². The Balaban J connectivity index is 0.00000200. The van der Waals surface area contributed by atoms with Crippen molar-refractivity contribution in [1.29, 1.82) is 0 Å². The fourth-order valence-electron chi connectivity index (χ4n) is 1.73. The molecule has 0 atom stereocenters. The highest BCUT2D eigenvalue weighted by Crippen LogP contribution is 2.29. The molecule has 0 aliphatic heterocycles. The minimum atomic E-state index is -1.07. The standard InChI is InChI=1S/C13H8BrNO4.H2/c14-9-4-5-11(13(16)17)12(7-9)8-2-1-3-10(6-8)15(18)19;/h1-7H,(H,16,17);1H. The van der Waals surface area contributed by atoms with Gasteiger partial charge < -0.3 is 5.11 Å². The van der Waals surface area contributed by atoms with Gasteiger partial charge in [-0.3, -0.25) is 10.1 Å². The summed E-state index contributed by atoms with van der Waals surface area (Å²) in [6.07, 6.45) is 0. The van der Waals surface area contributed by atoms with E-state index < -0.39 is 10.9 Å². The molecule has 0 radical (unpaired) electrons. The maximum atomic E-state index is 11.2. The van der Waals surface area contributed by atoms with Gasteiger partial charge in [0.1, 0.15) is 0 Å². The van der Waals surface area contributed by atoms with Crippen molar-refractivity contribution < 1.29 is 16.3 Å². The van der Waals surface area contributed by atoms with Crippen LogP contribution in [0.1, 0.15) is 11.8 Å². The van der Waals surface area contributed by atoms with Crippen LogP contribution in [0, 0.1) is 10.1 Å². The van der Waals surface area contributed by atoms with Gasteiger partial charge in [-0.1, -0.05) is 28.1 Å². The maximum Gasteiger partial charge on any atom is 0.336 e. The van der Waals surface area contributed by atoms with Gasteiger partial charge in [-0.15, -0.1) is 0 Å². The Labute approximate surface area is 118 Å². The van der Waals surface area contributed by atoms with Crippen LogP contribution in [0.2, 0.25) is 0 Å². The van der Waals surface area contributed by atoms with Gasteiger partial charge in [0.15, 0.2) is 0 Å². The minimum Gasteiger partial charge on any atom is -0.478 e. The number of carbonyl (C=O) groups is 1. The number of benzene rings is 2. The first-order valence-corrected chi connectivity index (χ1v) is 6.06. The summed E-state index contributed by atoms with van der Waals surface area (Å²) >= 11 is 3.26. The van der Waals surface area contributed by atoms with Crippen LogP contribution in [0.25, 0.3) is 11.1 Å². The maximum absolute atomic E-state index is 11.2. The number of halogens is 1. The van der Waals surface area contributed by atoms with Crippen LogP contribution in [-0.4, -0.2) is 16.0 Å². The van der Waals surface area contributed by atoms with E-state index in [2.05, 4.69) is 15.9 Å². The third-order valence-corrected chi connectivity index (χ3v) is 3.07. The summed E-state index contributed by atoms with van der Waals surface area (Å²) in [7, 11) is 0. The zero-order chi connectivity index (χ0) is 14.0. The number of rotatable bonds is 3. The number of carboxylic acids is 1. The number of aromatic carboxylic acids is 1. The predicted molar refractivity (Wildman–Crippen MR) is 75.3 cm³/mol. The van der Waals surface area contributed by atoms with Crippen molar-refractivity contribution in [3.8, 4) is 11.1 Å². The first-order valence-electron chi connectivity index (χ1n) is 5.26. The largest absolute Gasteiger partial charge is 0.478 e. The van der Waals surface area contributed by atoms with Gasteiger partial charge in [-0.2, -0.15) is 0 Å². The summed E-state index contributed by atoms with van der Waals surface area (Å²) in [5.74, 6) is -1.07. The molecule has 0 amide bonds. The van der Waals surface area contributed by atoms with Gasteiger partial charge in [0.25, 0.3) is 5.69 Å². The monoisotopic (exact) mass is 323 g/mol. The molecule has 0 saturated heterocycles. The number of carboxylic acid groups (broad SMARTS) is 1. The van der Waals surface area contributed by atoms with Crippen LogP contribution >= 0.6 is 15.9 Å². The number of nitro groups is 1. The number of hydrogen-bond donors (Lipinski definition) is 1. The van der Waals surface area contributed by atoms with E-state index in [1.165, 1.54) is 24.3 Å². The topological polar surface area (TPSA) is 80.4 Å². The molecule has 6 heteroatoms. The SMILES string of the molecule is O=C(O)c1ccc(Br)cc1-c1cccc([N+](=O)[O-])c1.[HH]. The summed E-state index contributed by atoms with van der Waals surface area (Å²) in [5.41, 5.74) is 0.955. The highest BCUT2D eigenvalue weighted by atomic mass is 79.9. The van der Waals surface area contributed by atoms with Crippen molar-refractivity contribution in [1.82, 2.24) is 0 Å². The molecular weight excluding hydrogens is 314 g/mol. The molecule has 2 aromatic carbocycles. The predicted octanol–water partition coefficient (Wildman–Crippen LogP) is 3.97. The zero-order valence-corrected chi connectivity index (χ0v) is 11.1. The molecule has 0 unspecified atom stereocenters. The number of nitrogens with zero attached hydrogens (tertiary/aromatic N) is 1.